The molecule has 0 aliphatic carbocycles. The monoisotopic (exact) mass is 1520 g/mol. The first-order chi connectivity index (χ1) is 51.0. The number of carboxylic acid groups (broad SMARTS) is 1. The van der Waals surface area contributed by atoms with Crippen molar-refractivity contribution < 1.29 is 118 Å². The zero-order chi connectivity index (χ0) is 80.4. The molecule has 108 heavy (non-hydrogen) atoms. The highest BCUT2D eigenvalue weighted by Crippen LogP contribution is 2.22. The van der Waals surface area contributed by atoms with Crippen LogP contribution >= 0.6 is 0 Å². The number of hydrogen-bond donors (Lipinski definition) is 21. The van der Waals surface area contributed by atoms with Crippen LogP contribution in [0.1, 0.15) is 90.3 Å². The van der Waals surface area contributed by atoms with Gasteiger partial charge in [0.25, 0.3) is 0 Å². The minimum absolute atomic E-state index is 0.0146. The highest BCUT2D eigenvalue weighted by atomic mass is 16.4. The molecule has 0 radical (unpaired) electrons. The van der Waals surface area contributed by atoms with Gasteiger partial charge in [0.05, 0.1) is 38.4 Å². The van der Waals surface area contributed by atoms with Gasteiger partial charge in [0.2, 0.25) is 88.6 Å². The number of nitrogens with zero attached hydrogens (tertiary/aromatic N) is 2. The van der Waals surface area contributed by atoms with E-state index in [1.807, 2.05) is 10.6 Å². The largest absolute Gasteiger partial charge is 0.508 e. The number of benzene rings is 3. The molecule has 3 aromatic carbocycles. The Balaban J connectivity index is 1.19. The fourth-order valence-corrected chi connectivity index (χ4v) is 11.5. The Labute approximate surface area is 619 Å². The molecular formula is C69H95N15O24. The standard InChI is InChI=1S/C69H95N15O24/c1-33(57(96)71-34(2)59(98)76-45(27-39-12-8-7-9-13-39)60(99)72-35(3)58(97)75-44(56(70)95)26-40-16-20-42(91)21-17-40)73-65(104)51-14-11-25-84(51)69(108)55(37(5)89)82-67(106)54(36(4)88)81-62(101)47(29-53(93)94)77-63(102)48(30-85)80-64(103)49(31-86)79-61(100)46(28-41-18-22-43(92)23-19-41)78-66(105)52-15-10-24-83(52)68(107)50(32-87)74-38(6)90/h7-9,12-13,16-23,33-37,44-52,54-55,85-89,91-92H,10-11,14-15,24-32H2,1-6H3,(H2,70,95)(H,71,96)(H,72,99)(H,73,104)(H,74,90)(H,75,97)(H,76,98)(H,77,102)(H,78,105)(H,79,100)(H,80,103)(H,81,101)(H,82,106)(H,93,94)/t33-,34-,35-,36+,37+,44-,45-,46-,47-,48-,49-,50-,51-,52-,54-,55-/m0/s1. The molecule has 16 atom stereocenters. The van der Waals surface area contributed by atoms with Crippen molar-refractivity contribution in [1.82, 2.24) is 73.6 Å². The minimum Gasteiger partial charge on any atom is -0.508 e. The highest BCUT2D eigenvalue weighted by Gasteiger charge is 2.44. The molecule has 0 spiro atoms. The molecule has 2 heterocycles. The van der Waals surface area contributed by atoms with Crippen molar-refractivity contribution in [1.29, 1.82) is 0 Å². The van der Waals surface area contributed by atoms with Crippen LogP contribution in [0.25, 0.3) is 0 Å². The predicted molar refractivity (Wildman–Crippen MR) is 375 cm³/mol. The zero-order valence-electron chi connectivity index (χ0n) is 60.0. The lowest BCUT2D eigenvalue weighted by molar-refractivity contribution is -0.145. The summed E-state index contributed by atoms with van der Waals surface area (Å²) in [5.74, 6) is -17.4. The predicted octanol–water partition coefficient (Wildman–Crippen LogP) is -8.30. The third kappa shape index (κ3) is 26.0. The molecule has 2 aliphatic rings. The fraction of sp³-hybridized carbons (Fsp3) is 0.507. The maximum Gasteiger partial charge on any atom is 0.305 e. The summed E-state index contributed by atoms with van der Waals surface area (Å²) in [7, 11) is 0. The number of aliphatic carboxylic acids is 1. The molecule has 2 saturated heterocycles. The Morgan fingerprint density at radius 3 is 1.22 bits per heavy atom. The van der Waals surface area contributed by atoms with E-state index in [0.29, 0.717) is 23.1 Å². The van der Waals surface area contributed by atoms with Crippen LogP contribution in [-0.2, 0) is 96.0 Å². The fourth-order valence-electron chi connectivity index (χ4n) is 11.5. The molecular weight excluding hydrogens is 1420 g/mol. The van der Waals surface area contributed by atoms with Crippen LogP contribution in [-0.4, -0.2) is 275 Å². The van der Waals surface area contributed by atoms with Crippen LogP contribution < -0.4 is 69.5 Å². The lowest BCUT2D eigenvalue weighted by Crippen LogP contribution is -2.63. The minimum atomic E-state index is -2.19. The van der Waals surface area contributed by atoms with Crippen molar-refractivity contribution in [3.05, 3.63) is 95.6 Å². The molecule has 5 rings (SSSR count). The Kier molecular flexibility index (Phi) is 33.5. The van der Waals surface area contributed by atoms with Crippen LogP contribution in [0.4, 0.5) is 0 Å². The average Bonchev–Trinajstić information content (AvgIpc) is 1.63. The van der Waals surface area contributed by atoms with E-state index in [1.165, 1.54) is 69.3 Å². The van der Waals surface area contributed by atoms with E-state index < -0.39 is 218 Å². The first kappa shape index (κ1) is 87.2. The van der Waals surface area contributed by atoms with Crippen molar-refractivity contribution >= 4 is 94.6 Å². The Morgan fingerprint density at radius 2 is 0.769 bits per heavy atom. The van der Waals surface area contributed by atoms with Gasteiger partial charge in [-0.2, -0.15) is 0 Å². The summed E-state index contributed by atoms with van der Waals surface area (Å²) in [4.78, 5) is 217. The summed E-state index contributed by atoms with van der Waals surface area (Å²) in [6, 6.07) is -2.95. The number of phenols is 2. The molecule has 590 valence electrons. The summed E-state index contributed by atoms with van der Waals surface area (Å²) in [6.45, 7) is 3.61. The van der Waals surface area contributed by atoms with Crippen LogP contribution in [0.15, 0.2) is 78.9 Å². The molecule has 2 fully saturated rings. The molecule has 0 bridgehead atoms. The Bertz CT molecular complexity index is 3720. The number of phenolic OH excluding ortho intramolecular Hbond substituents is 2. The molecule has 0 aromatic heterocycles. The van der Waals surface area contributed by atoms with E-state index in [4.69, 9.17) is 5.73 Å². The first-order valence-electron chi connectivity index (χ1n) is 34.5. The number of amides is 15. The lowest BCUT2D eigenvalue weighted by Gasteiger charge is -2.32. The van der Waals surface area contributed by atoms with E-state index >= 15 is 0 Å². The van der Waals surface area contributed by atoms with Crippen LogP contribution in [0.3, 0.4) is 0 Å². The van der Waals surface area contributed by atoms with E-state index in [2.05, 4.69) is 53.2 Å². The molecule has 3 aromatic rings. The van der Waals surface area contributed by atoms with Gasteiger partial charge in [-0.3, -0.25) is 76.7 Å². The normalized spacial score (nSPS) is 17.8. The summed E-state index contributed by atoms with van der Waals surface area (Å²) in [6.07, 6.45) is -4.86. The molecule has 2 aliphatic heterocycles. The smallest absolute Gasteiger partial charge is 0.305 e. The molecule has 22 N–H and O–H groups in total. The SMILES string of the molecule is CC(=O)N[C@@H](CO)C(=O)N1CCC[C@H]1C(=O)N[C@@H](Cc1ccc(O)cc1)C(=O)N[C@@H](CO)C(=O)N[C@@H](CO)C(=O)N[C@@H](CC(=O)O)C(=O)N[C@H](C(=O)N[C@H](C(=O)N1CCC[C@H]1C(=O)N[C@@H](C)C(=O)N[C@@H](C)C(=O)N[C@@H](Cc1ccccc1)C(=O)N[C@@H](C)C(=O)N[C@@H](Cc1ccc(O)cc1)C(N)=O)[C@@H](C)O)[C@@H](C)O. The zero-order valence-corrected chi connectivity index (χ0v) is 60.0. The molecule has 39 nitrogen and oxygen atoms in total. The number of aromatic hydroxyl groups is 2. The topological polar surface area (TPSA) is 612 Å². The second kappa shape index (κ2) is 41.5. The van der Waals surface area contributed by atoms with E-state index in [0.717, 1.165) is 30.6 Å². The summed E-state index contributed by atoms with van der Waals surface area (Å²) < 4.78 is 0. The van der Waals surface area contributed by atoms with Crippen molar-refractivity contribution in [3.8, 4) is 11.5 Å². The van der Waals surface area contributed by atoms with Crippen molar-refractivity contribution in [2.75, 3.05) is 32.9 Å². The number of likely N-dealkylation sites (tertiary alicyclic amines) is 2. The van der Waals surface area contributed by atoms with Crippen molar-refractivity contribution in [2.24, 2.45) is 5.73 Å². The number of aliphatic hydroxyl groups excluding tert-OH is 5. The van der Waals surface area contributed by atoms with E-state index in [1.54, 1.807) is 30.3 Å². The van der Waals surface area contributed by atoms with Gasteiger partial charge in [-0.05, 0) is 101 Å². The number of carboxylic acids is 1. The number of primary amides is 1. The second-order valence-electron chi connectivity index (χ2n) is 26.1. The second-order valence-corrected chi connectivity index (χ2v) is 26.1. The van der Waals surface area contributed by atoms with Gasteiger partial charge in [-0.1, -0.05) is 54.6 Å². The molecule has 39 heteroatoms. The van der Waals surface area contributed by atoms with Gasteiger partial charge in [0.1, 0.15) is 96.1 Å². The number of hydrogen-bond acceptors (Lipinski definition) is 23. The number of aliphatic hydroxyl groups is 5. The number of carbonyl (C=O) groups excluding carboxylic acids is 15. The van der Waals surface area contributed by atoms with Gasteiger partial charge in [-0.15, -0.1) is 0 Å². The third-order valence-corrected chi connectivity index (χ3v) is 17.5. The van der Waals surface area contributed by atoms with Crippen LogP contribution in [0.2, 0.25) is 0 Å². The molecule has 0 unspecified atom stereocenters. The average molecular weight is 1520 g/mol. The molecule has 15 amide bonds. The van der Waals surface area contributed by atoms with Gasteiger partial charge >= 0.3 is 5.97 Å². The lowest BCUT2D eigenvalue weighted by atomic mass is 10.0. The van der Waals surface area contributed by atoms with E-state index in [9.17, 15) is 118 Å². The quantitative estimate of drug-likeness (QED) is 0.0252. The maximum absolute atomic E-state index is 14.3. The Hall–Kier alpha value is -11.4. The van der Waals surface area contributed by atoms with Gasteiger partial charge in [-0.25, -0.2) is 0 Å². The first-order valence-corrected chi connectivity index (χ1v) is 34.5. The summed E-state index contributed by atoms with van der Waals surface area (Å²) in [5.41, 5.74) is 7.04. The summed E-state index contributed by atoms with van der Waals surface area (Å²) >= 11 is 0. The van der Waals surface area contributed by atoms with Crippen LogP contribution in [0, 0.1) is 0 Å². The third-order valence-electron chi connectivity index (χ3n) is 17.5. The van der Waals surface area contributed by atoms with Gasteiger partial charge in [0, 0.05) is 39.3 Å². The van der Waals surface area contributed by atoms with Crippen molar-refractivity contribution in [3.63, 3.8) is 0 Å². The van der Waals surface area contributed by atoms with Crippen LogP contribution in [0.5, 0.6) is 11.5 Å². The number of carbonyl (C=O) groups is 16. The number of rotatable bonds is 39. The highest BCUT2D eigenvalue weighted by molar-refractivity contribution is 6.01. The van der Waals surface area contributed by atoms with Gasteiger partial charge in [0.15, 0.2) is 0 Å². The molecule has 0 saturated carbocycles. The number of nitrogens with two attached hydrogens (primary N) is 1. The van der Waals surface area contributed by atoms with Gasteiger partial charge < -0.3 is 120 Å². The maximum atomic E-state index is 14.3. The van der Waals surface area contributed by atoms with E-state index in [-0.39, 0.29) is 63.1 Å². The summed E-state index contributed by atoms with van der Waals surface area (Å²) in [5, 5.41) is 109. The number of nitrogens with one attached hydrogen (secondary N) is 12. The van der Waals surface area contributed by atoms with Crippen molar-refractivity contribution in [2.45, 2.75) is 190 Å². The Morgan fingerprint density at radius 1 is 0.407 bits per heavy atom.